The van der Waals surface area contributed by atoms with E-state index in [2.05, 4.69) is 0 Å². The van der Waals surface area contributed by atoms with Crippen LogP contribution >= 0.6 is 0 Å². The van der Waals surface area contributed by atoms with Gasteiger partial charge in [-0.3, -0.25) is 4.79 Å². The van der Waals surface area contributed by atoms with E-state index in [1.54, 1.807) is 18.2 Å². The average Bonchev–Trinajstić information content (AvgIpc) is 3.17. The van der Waals surface area contributed by atoms with Gasteiger partial charge in [-0.1, -0.05) is 36.4 Å². The standard InChI is InChI=1S/C20H21NO4/c22-13-20(15-6-2-1-3-7-15)10-5-11-21(12-20)19(23)16-8-4-9-17-18(16)25-14-24-17/h1-4,6-9,22H,5,10-14H2. The molecule has 2 aliphatic rings. The van der Waals surface area contributed by atoms with Gasteiger partial charge in [0.15, 0.2) is 11.5 Å². The SMILES string of the molecule is O=C(c1cccc2c1OCO2)N1CCCC(CO)(c2ccccc2)C1. The summed E-state index contributed by atoms with van der Waals surface area (Å²) in [4.78, 5) is 14.9. The second-order valence-corrected chi connectivity index (χ2v) is 6.67. The molecule has 0 spiro atoms. The van der Waals surface area contributed by atoms with Gasteiger partial charge in [-0.15, -0.1) is 0 Å². The number of fused-ring (bicyclic) bond motifs is 1. The lowest BCUT2D eigenvalue weighted by Gasteiger charge is -2.42. The van der Waals surface area contributed by atoms with Gasteiger partial charge in [-0.25, -0.2) is 0 Å². The number of amides is 1. The van der Waals surface area contributed by atoms with E-state index in [9.17, 15) is 9.90 Å². The molecule has 2 heterocycles. The molecule has 2 aliphatic heterocycles. The maximum absolute atomic E-state index is 13.1. The highest BCUT2D eigenvalue weighted by Gasteiger charge is 2.39. The van der Waals surface area contributed by atoms with Gasteiger partial charge in [0.05, 0.1) is 12.2 Å². The van der Waals surface area contributed by atoms with Gasteiger partial charge in [-0.2, -0.15) is 0 Å². The summed E-state index contributed by atoms with van der Waals surface area (Å²) < 4.78 is 10.9. The minimum absolute atomic E-state index is 0.0211. The van der Waals surface area contributed by atoms with Crippen molar-refractivity contribution < 1.29 is 19.4 Å². The molecule has 0 saturated carbocycles. The number of benzene rings is 2. The molecule has 1 saturated heterocycles. The fourth-order valence-electron chi connectivity index (χ4n) is 3.82. The number of piperidine rings is 1. The number of nitrogens with zero attached hydrogens (tertiary/aromatic N) is 1. The van der Waals surface area contributed by atoms with Gasteiger partial charge < -0.3 is 19.5 Å². The molecule has 1 fully saturated rings. The van der Waals surface area contributed by atoms with Crippen molar-refractivity contribution in [3.05, 3.63) is 59.7 Å². The zero-order chi connectivity index (χ0) is 17.3. The van der Waals surface area contributed by atoms with Crippen LogP contribution in [0.3, 0.4) is 0 Å². The zero-order valence-electron chi connectivity index (χ0n) is 14.0. The first-order valence-corrected chi connectivity index (χ1v) is 8.58. The van der Waals surface area contributed by atoms with Crippen LogP contribution < -0.4 is 9.47 Å². The van der Waals surface area contributed by atoms with Crippen molar-refractivity contribution >= 4 is 5.91 Å². The van der Waals surface area contributed by atoms with Crippen molar-refractivity contribution in [1.82, 2.24) is 4.90 Å². The first kappa shape index (κ1) is 16.0. The summed E-state index contributed by atoms with van der Waals surface area (Å²) in [6, 6.07) is 15.4. The van der Waals surface area contributed by atoms with Crippen LogP contribution in [-0.4, -0.2) is 42.4 Å². The van der Waals surface area contributed by atoms with Gasteiger partial charge in [0.25, 0.3) is 5.91 Å². The lowest BCUT2D eigenvalue weighted by atomic mass is 9.74. The topological polar surface area (TPSA) is 59.0 Å². The molecule has 1 N–H and O–H groups in total. The molecule has 5 heteroatoms. The van der Waals surface area contributed by atoms with Crippen LogP contribution in [0.1, 0.15) is 28.8 Å². The highest BCUT2D eigenvalue weighted by molar-refractivity contribution is 5.98. The second kappa shape index (κ2) is 6.41. The monoisotopic (exact) mass is 339 g/mol. The summed E-state index contributed by atoms with van der Waals surface area (Å²) >= 11 is 0. The lowest BCUT2D eigenvalue weighted by molar-refractivity contribution is 0.0539. The van der Waals surface area contributed by atoms with Gasteiger partial charge in [-0.05, 0) is 30.5 Å². The van der Waals surface area contributed by atoms with Gasteiger partial charge in [0, 0.05) is 18.5 Å². The summed E-state index contributed by atoms with van der Waals surface area (Å²) in [5, 5.41) is 10.1. The number of carbonyl (C=O) groups excluding carboxylic acids is 1. The van der Waals surface area contributed by atoms with E-state index in [1.807, 2.05) is 35.2 Å². The summed E-state index contributed by atoms with van der Waals surface area (Å²) in [5.41, 5.74) is 1.19. The Balaban J connectivity index is 1.63. The van der Waals surface area contributed by atoms with E-state index in [0.29, 0.717) is 30.2 Å². The number of aliphatic hydroxyl groups excluding tert-OH is 1. The molecule has 2 aromatic carbocycles. The number of carbonyl (C=O) groups is 1. The number of rotatable bonds is 3. The Hall–Kier alpha value is -2.53. The molecular formula is C20H21NO4. The van der Waals surface area contributed by atoms with Crippen molar-refractivity contribution in [3.8, 4) is 11.5 Å². The highest BCUT2D eigenvalue weighted by atomic mass is 16.7. The van der Waals surface area contributed by atoms with E-state index < -0.39 is 5.41 Å². The molecule has 5 nitrogen and oxygen atoms in total. The Morgan fingerprint density at radius 1 is 1.12 bits per heavy atom. The largest absolute Gasteiger partial charge is 0.454 e. The fraction of sp³-hybridized carbons (Fsp3) is 0.350. The minimum Gasteiger partial charge on any atom is -0.454 e. The van der Waals surface area contributed by atoms with Gasteiger partial charge >= 0.3 is 0 Å². The third-order valence-corrected chi connectivity index (χ3v) is 5.18. The maximum Gasteiger partial charge on any atom is 0.257 e. The summed E-state index contributed by atoms with van der Waals surface area (Å²) in [6.45, 7) is 1.34. The van der Waals surface area contributed by atoms with Crippen LogP contribution in [-0.2, 0) is 5.41 Å². The maximum atomic E-state index is 13.1. The van der Waals surface area contributed by atoms with E-state index >= 15 is 0 Å². The average molecular weight is 339 g/mol. The van der Waals surface area contributed by atoms with Crippen molar-refractivity contribution in [2.24, 2.45) is 0 Å². The van der Waals surface area contributed by atoms with Crippen molar-refractivity contribution in [1.29, 1.82) is 0 Å². The lowest BCUT2D eigenvalue weighted by Crippen LogP contribution is -2.50. The Labute approximate surface area is 146 Å². The predicted octanol–water partition coefficient (Wildman–Crippen LogP) is 2.58. The van der Waals surface area contributed by atoms with E-state index in [1.165, 1.54) is 0 Å². The van der Waals surface area contributed by atoms with Crippen molar-refractivity contribution in [2.45, 2.75) is 18.3 Å². The van der Waals surface area contributed by atoms with Crippen LogP contribution in [0.15, 0.2) is 48.5 Å². The normalized spacial score (nSPS) is 22.0. The molecular weight excluding hydrogens is 318 g/mol. The second-order valence-electron chi connectivity index (χ2n) is 6.67. The van der Waals surface area contributed by atoms with Crippen molar-refractivity contribution in [3.63, 3.8) is 0 Å². The Morgan fingerprint density at radius 3 is 2.76 bits per heavy atom. The smallest absolute Gasteiger partial charge is 0.257 e. The minimum atomic E-state index is -0.412. The third-order valence-electron chi connectivity index (χ3n) is 5.18. The van der Waals surface area contributed by atoms with Crippen LogP contribution in [0, 0.1) is 0 Å². The Morgan fingerprint density at radius 2 is 1.96 bits per heavy atom. The van der Waals surface area contributed by atoms with Gasteiger partial charge in [0.2, 0.25) is 6.79 Å². The van der Waals surface area contributed by atoms with Crippen LogP contribution in [0.4, 0.5) is 0 Å². The number of hydrogen-bond donors (Lipinski definition) is 1. The van der Waals surface area contributed by atoms with Crippen molar-refractivity contribution in [2.75, 3.05) is 26.5 Å². The molecule has 4 rings (SSSR count). The number of aliphatic hydroxyl groups is 1. The molecule has 1 atom stereocenters. The molecule has 25 heavy (non-hydrogen) atoms. The fourth-order valence-corrected chi connectivity index (χ4v) is 3.82. The van der Waals surface area contributed by atoms with E-state index in [4.69, 9.17) is 9.47 Å². The predicted molar refractivity (Wildman–Crippen MR) is 92.9 cm³/mol. The third kappa shape index (κ3) is 2.74. The molecule has 1 amide bonds. The van der Waals surface area contributed by atoms with E-state index in [0.717, 1.165) is 18.4 Å². The molecule has 0 radical (unpaired) electrons. The summed E-state index contributed by atoms with van der Waals surface area (Å²) in [5.74, 6) is 1.06. The summed E-state index contributed by atoms with van der Waals surface area (Å²) in [7, 11) is 0. The molecule has 0 aromatic heterocycles. The highest BCUT2D eigenvalue weighted by Crippen LogP contribution is 2.38. The number of ether oxygens (including phenoxy) is 2. The van der Waals surface area contributed by atoms with Crippen LogP contribution in [0.5, 0.6) is 11.5 Å². The molecule has 130 valence electrons. The zero-order valence-corrected chi connectivity index (χ0v) is 14.0. The Kier molecular flexibility index (Phi) is 4.09. The number of para-hydroxylation sites is 1. The van der Waals surface area contributed by atoms with E-state index in [-0.39, 0.29) is 19.3 Å². The quantitative estimate of drug-likeness (QED) is 0.934. The molecule has 0 bridgehead atoms. The first-order chi connectivity index (χ1) is 12.2. The molecule has 1 unspecified atom stereocenters. The summed E-state index contributed by atoms with van der Waals surface area (Å²) in [6.07, 6.45) is 1.72. The van der Waals surface area contributed by atoms with Crippen LogP contribution in [0.25, 0.3) is 0 Å². The first-order valence-electron chi connectivity index (χ1n) is 8.58. The molecule has 2 aromatic rings. The Bertz CT molecular complexity index is 777. The number of likely N-dealkylation sites (tertiary alicyclic amines) is 1. The molecule has 0 aliphatic carbocycles. The van der Waals surface area contributed by atoms with Crippen LogP contribution in [0.2, 0.25) is 0 Å². The number of hydrogen-bond acceptors (Lipinski definition) is 4. The van der Waals surface area contributed by atoms with Gasteiger partial charge in [0.1, 0.15) is 0 Å².